The molecule has 0 unspecified atom stereocenters. The number of aryl methyl sites for hydroxylation is 2. The Kier molecular flexibility index (Phi) is 6.02. The number of H-pyrrole nitrogens is 1. The third-order valence-corrected chi connectivity index (χ3v) is 3.53. The number of urea groups is 1. The minimum atomic E-state index is -0.118. The Hall–Kier alpha value is -2.50. The highest BCUT2D eigenvalue weighted by Gasteiger charge is 2.08. The first-order chi connectivity index (χ1) is 11.1. The van der Waals surface area contributed by atoms with Crippen molar-refractivity contribution in [2.45, 2.75) is 26.8 Å². The highest BCUT2D eigenvalue weighted by molar-refractivity contribution is 5.73. The summed E-state index contributed by atoms with van der Waals surface area (Å²) >= 11 is 0. The van der Waals surface area contributed by atoms with Crippen molar-refractivity contribution in [2.24, 2.45) is 0 Å². The van der Waals surface area contributed by atoms with Gasteiger partial charge in [0.2, 0.25) is 0 Å². The van der Waals surface area contributed by atoms with E-state index in [-0.39, 0.29) is 6.03 Å². The van der Waals surface area contributed by atoms with Crippen molar-refractivity contribution in [3.8, 4) is 5.75 Å². The van der Waals surface area contributed by atoms with Crippen molar-refractivity contribution in [2.75, 3.05) is 20.2 Å². The van der Waals surface area contributed by atoms with Gasteiger partial charge in [-0.25, -0.2) is 9.78 Å². The second-order valence-corrected chi connectivity index (χ2v) is 5.59. The van der Waals surface area contributed by atoms with Gasteiger partial charge in [0.15, 0.2) is 0 Å². The molecule has 6 heteroatoms. The molecule has 2 aromatic rings. The molecule has 0 radical (unpaired) electrons. The van der Waals surface area contributed by atoms with Crippen LogP contribution in [0.5, 0.6) is 5.75 Å². The number of hydrogen-bond acceptors (Lipinski definition) is 3. The number of carbonyl (C=O) groups is 1. The molecule has 1 heterocycles. The van der Waals surface area contributed by atoms with E-state index in [1.807, 2.05) is 19.1 Å². The Labute approximate surface area is 136 Å². The molecular weight excluding hydrogens is 292 g/mol. The molecule has 2 rings (SSSR count). The van der Waals surface area contributed by atoms with E-state index in [0.717, 1.165) is 23.6 Å². The number of ether oxygens (including phenoxy) is 1. The fourth-order valence-electron chi connectivity index (χ4n) is 2.24. The zero-order valence-corrected chi connectivity index (χ0v) is 13.9. The first-order valence-electron chi connectivity index (χ1n) is 7.73. The molecule has 1 aromatic heterocycles. The van der Waals surface area contributed by atoms with Gasteiger partial charge in [0, 0.05) is 26.0 Å². The van der Waals surface area contributed by atoms with Crippen LogP contribution in [0.25, 0.3) is 0 Å². The lowest BCUT2D eigenvalue weighted by atomic mass is 10.1. The molecule has 0 spiro atoms. The van der Waals surface area contributed by atoms with Crippen LogP contribution in [0.15, 0.2) is 30.6 Å². The van der Waals surface area contributed by atoms with Gasteiger partial charge in [0.1, 0.15) is 11.6 Å². The molecule has 0 fully saturated rings. The topological polar surface area (TPSA) is 70.2 Å². The second kappa shape index (κ2) is 8.22. The average molecular weight is 316 g/mol. The highest BCUT2D eigenvalue weighted by Crippen LogP contribution is 2.18. The molecule has 124 valence electrons. The summed E-state index contributed by atoms with van der Waals surface area (Å²) in [5.41, 5.74) is 2.36. The van der Waals surface area contributed by atoms with Crippen LogP contribution in [0.1, 0.15) is 23.4 Å². The van der Waals surface area contributed by atoms with Crippen LogP contribution in [0.4, 0.5) is 4.79 Å². The molecule has 2 amide bonds. The number of amides is 2. The fraction of sp³-hybridized carbons (Fsp3) is 0.412. The van der Waals surface area contributed by atoms with E-state index in [2.05, 4.69) is 28.3 Å². The summed E-state index contributed by atoms with van der Waals surface area (Å²) in [4.78, 5) is 20.6. The van der Waals surface area contributed by atoms with E-state index < -0.39 is 0 Å². The summed E-state index contributed by atoms with van der Waals surface area (Å²) < 4.78 is 5.77. The molecule has 0 atom stereocenters. The van der Waals surface area contributed by atoms with E-state index in [0.29, 0.717) is 19.7 Å². The van der Waals surface area contributed by atoms with Crippen molar-refractivity contribution in [3.05, 3.63) is 47.5 Å². The van der Waals surface area contributed by atoms with Crippen molar-refractivity contribution in [1.82, 2.24) is 20.2 Å². The number of hydrogen-bond donors (Lipinski definition) is 2. The molecule has 0 saturated carbocycles. The van der Waals surface area contributed by atoms with E-state index >= 15 is 0 Å². The maximum Gasteiger partial charge on any atom is 0.317 e. The van der Waals surface area contributed by atoms with E-state index in [1.165, 1.54) is 5.56 Å². The molecule has 2 N–H and O–H groups in total. The molecule has 0 saturated heterocycles. The number of aromatic amines is 1. The largest absolute Gasteiger partial charge is 0.493 e. The van der Waals surface area contributed by atoms with Gasteiger partial charge >= 0.3 is 6.03 Å². The van der Waals surface area contributed by atoms with Crippen LogP contribution >= 0.6 is 0 Å². The third kappa shape index (κ3) is 5.32. The number of nitrogens with zero attached hydrogens (tertiary/aromatic N) is 2. The maximum absolute atomic E-state index is 11.9. The minimum Gasteiger partial charge on any atom is -0.493 e. The lowest BCUT2D eigenvalue weighted by Crippen LogP contribution is -2.38. The Bertz CT molecular complexity index is 626. The first-order valence-corrected chi connectivity index (χ1v) is 7.73. The number of imidazole rings is 1. The van der Waals surface area contributed by atoms with Crippen molar-refractivity contribution in [1.29, 1.82) is 0 Å². The van der Waals surface area contributed by atoms with Gasteiger partial charge in [-0.1, -0.05) is 17.7 Å². The van der Waals surface area contributed by atoms with Gasteiger partial charge in [-0.2, -0.15) is 0 Å². The second-order valence-electron chi connectivity index (χ2n) is 5.59. The summed E-state index contributed by atoms with van der Waals surface area (Å²) in [5, 5.41) is 2.81. The van der Waals surface area contributed by atoms with Gasteiger partial charge in [-0.05, 0) is 31.9 Å². The Morgan fingerprint density at radius 1 is 1.39 bits per heavy atom. The minimum absolute atomic E-state index is 0.118. The van der Waals surface area contributed by atoms with Gasteiger partial charge in [-0.3, -0.25) is 0 Å². The smallest absolute Gasteiger partial charge is 0.317 e. The van der Waals surface area contributed by atoms with Gasteiger partial charge < -0.3 is 19.9 Å². The Balaban J connectivity index is 1.65. The van der Waals surface area contributed by atoms with Gasteiger partial charge in [0.25, 0.3) is 0 Å². The monoisotopic (exact) mass is 316 g/mol. The van der Waals surface area contributed by atoms with Crippen LogP contribution < -0.4 is 10.1 Å². The fourth-order valence-corrected chi connectivity index (χ4v) is 2.24. The molecule has 0 aliphatic heterocycles. The summed E-state index contributed by atoms with van der Waals surface area (Å²) in [6, 6.07) is 6.01. The van der Waals surface area contributed by atoms with Crippen molar-refractivity contribution < 1.29 is 9.53 Å². The van der Waals surface area contributed by atoms with E-state index in [9.17, 15) is 4.79 Å². The molecule has 6 nitrogen and oxygen atoms in total. The summed E-state index contributed by atoms with van der Waals surface area (Å²) in [6.45, 7) is 5.72. The maximum atomic E-state index is 11.9. The van der Waals surface area contributed by atoms with Crippen LogP contribution in [0.3, 0.4) is 0 Å². The lowest BCUT2D eigenvalue weighted by Gasteiger charge is -2.18. The lowest BCUT2D eigenvalue weighted by molar-refractivity contribution is 0.202. The predicted octanol–water partition coefficient (Wildman–Crippen LogP) is 2.64. The predicted molar refractivity (Wildman–Crippen MR) is 89.5 cm³/mol. The number of benzene rings is 1. The molecule has 1 aromatic carbocycles. The van der Waals surface area contributed by atoms with Gasteiger partial charge in [0.05, 0.1) is 13.2 Å². The number of carbonyl (C=O) groups excluding carboxylic acids is 1. The average Bonchev–Trinajstić information content (AvgIpc) is 3.04. The quantitative estimate of drug-likeness (QED) is 0.772. The molecule has 23 heavy (non-hydrogen) atoms. The van der Waals surface area contributed by atoms with Crippen LogP contribution in [0, 0.1) is 13.8 Å². The van der Waals surface area contributed by atoms with Crippen LogP contribution in [-0.4, -0.2) is 41.1 Å². The highest BCUT2D eigenvalue weighted by atomic mass is 16.5. The van der Waals surface area contributed by atoms with Crippen LogP contribution in [0.2, 0.25) is 0 Å². The zero-order chi connectivity index (χ0) is 16.7. The number of aromatic nitrogens is 2. The van der Waals surface area contributed by atoms with E-state index in [1.54, 1.807) is 24.3 Å². The molecular formula is C17H24N4O2. The normalized spacial score (nSPS) is 10.4. The molecule has 0 bridgehead atoms. The summed E-state index contributed by atoms with van der Waals surface area (Å²) in [7, 11) is 1.77. The van der Waals surface area contributed by atoms with Crippen molar-refractivity contribution >= 4 is 6.03 Å². The van der Waals surface area contributed by atoms with Crippen LogP contribution in [-0.2, 0) is 6.54 Å². The van der Waals surface area contributed by atoms with E-state index in [4.69, 9.17) is 4.74 Å². The summed E-state index contributed by atoms with van der Waals surface area (Å²) in [6.07, 6.45) is 4.17. The van der Waals surface area contributed by atoms with Crippen molar-refractivity contribution in [3.63, 3.8) is 0 Å². The zero-order valence-electron chi connectivity index (χ0n) is 13.9. The summed E-state index contributed by atoms with van der Waals surface area (Å²) in [5.74, 6) is 1.64. The molecule has 0 aliphatic rings. The Morgan fingerprint density at radius 2 is 2.22 bits per heavy atom. The Morgan fingerprint density at radius 3 is 2.91 bits per heavy atom. The standard InChI is InChI=1S/C17H24N4O2/c1-13-5-6-15(14(2)11-13)23-10-4-9-21(3)17(22)20-12-16-18-7-8-19-16/h5-8,11H,4,9-10,12H2,1-3H3,(H,18,19)(H,20,22). The third-order valence-electron chi connectivity index (χ3n) is 3.53. The number of nitrogens with one attached hydrogen (secondary N) is 2. The molecule has 0 aliphatic carbocycles. The number of rotatable bonds is 7. The van der Waals surface area contributed by atoms with Gasteiger partial charge in [-0.15, -0.1) is 0 Å². The SMILES string of the molecule is Cc1ccc(OCCCN(C)C(=O)NCc2ncc[nH]2)c(C)c1. The first kappa shape index (κ1) is 16.9.